The number of aromatic nitrogens is 1. The van der Waals surface area contributed by atoms with Crippen LogP contribution >= 0.6 is 34.3 Å². The van der Waals surface area contributed by atoms with E-state index in [4.69, 9.17) is 16.3 Å². The molecule has 0 unspecified atom stereocenters. The molecule has 0 saturated heterocycles. The van der Waals surface area contributed by atoms with Crippen molar-refractivity contribution in [1.82, 2.24) is 4.98 Å². The summed E-state index contributed by atoms with van der Waals surface area (Å²) in [7, 11) is 0. The first-order valence-corrected chi connectivity index (χ1v) is 9.72. The Kier molecular flexibility index (Phi) is 4.77. The van der Waals surface area contributed by atoms with Crippen molar-refractivity contribution in [2.75, 3.05) is 11.9 Å². The molecule has 0 fully saturated rings. The molecule has 0 radical (unpaired) electrons. The quantitative estimate of drug-likeness (QED) is 0.466. The van der Waals surface area contributed by atoms with Gasteiger partial charge in [0.1, 0.15) is 10.7 Å². The highest BCUT2D eigenvalue weighted by Gasteiger charge is 2.20. The molecule has 4 rings (SSSR count). The van der Waals surface area contributed by atoms with Crippen molar-refractivity contribution >= 4 is 71.6 Å². The Hall–Kier alpha value is -2.55. The smallest absolute Gasteiger partial charge is 0.350 e. The number of hydrogen-bond acceptors (Lipinski definition) is 6. The summed E-state index contributed by atoms with van der Waals surface area (Å²) in [5.41, 5.74) is 0.777. The van der Waals surface area contributed by atoms with Crippen molar-refractivity contribution in [3.8, 4) is 0 Å². The lowest BCUT2D eigenvalue weighted by molar-refractivity contribution is -0.119. The van der Waals surface area contributed by atoms with Crippen LogP contribution in [0.25, 0.3) is 20.3 Å². The van der Waals surface area contributed by atoms with Gasteiger partial charge < -0.3 is 4.74 Å². The molecule has 27 heavy (non-hydrogen) atoms. The zero-order valence-corrected chi connectivity index (χ0v) is 15.9. The monoisotopic (exact) mass is 420 g/mol. The van der Waals surface area contributed by atoms with E-state index in [2.05, 4.69) is 10.3 Å². The van der Waals surface area contributed by atoms with Crippen LogP contribution in [0.5, 0.6) is 0 Å². The Morgan fingerprint density at radius 3 is 2.78 bits per heavy atom. The molecule has 0 atom stereocenters. The predicted octanol–water partition coefficient (Wildman–Crippen LogP) is 5.10. The standard InChI is InChI=1S/C18H10ClFN2O3S2/c19-15-10-6-5-9(20)7-13(10)26-16(15)17(24)25-8-14(23)22-18-21-11-3-1-2-4-12(11)27-18/h1-7H,8H2,(H,21,22,23). The van der Waals surface area contributed by atoms with E-state index in [1.54, 1.807) is 0 Å². The number of para-hydroxylation sites is 1. The van der Waals surface area contributed by atoms with Crippen molar-refractivity contribution < 1.29 is 18.7 Å². The average molecular weight is 421 g/mol. The van der Waals surface area contributed by atoms with Crippen LogP contribution in [0.4, 0.5) is 9.52 Å². The normalized spacial score (nSPS) is 11.0. The molecule has 1 N–H and O–H groups in total. The average Bonchev–Trinajstić information content (AvgIpc) is 3.19. The third-order valence-corrected chi connectivity index (χ3v) is 6.24. The van der Waals surface area contributed by atoms with Crippen LogP contribution in [-0.2, 0) is 9.53 Å². The number of thiazole rings is 1. The Bertz CT molecular complexity index is 1160. The maximum atomic E-state index is 13.3. The van der Waals surface area contributed by atoms with Crippen molar-refractivity contribution in [2.24, 2.45) is 0 Å². The number of amides is 1. The highest BCUT2D eigenvalue weighted by atomic mass is 35.5. The largest absolute Gasteiger partial charge is 0.451 e. The summed E-state index contributed by atoms with van der Waals surface area (Å²) in [6, 6.07) is 11.5. The Morgan fingerprint density at radius 2 is 1.96 bits per heavy atom. The molecule has 4 aromatic rings. The van der Waals surface area contributed by atoms with Gasteiger partial charge in [-0.3, -0.25) is 10.1 Å². The first kappa shape index (κ1) is 17.8. The SMILES string of the molecule is O=C(COC(=O)c1sc2cc(F)ccc2c1Cl)Nc1nc2ccccc2s1. The number of nitrogens with zero attached hydrogens (tertiary/aromatic N) is 1. The van der Waals surface area contributed by atoms with Gasteiger partial charge in [-0.05, 0) is 30.3 Å². The molecular weight excluding hydrogens is 411 g/mol. The zero-order valence-electron chi connectivity index (χ0n) is 13.5. The number of carbonyl (C=O) groups is 2. The number of fused-ring (bicyclic) bond motifs is 2. The first-order valence-electron chi connectivity index (χ1n) is 7.71. The molecule has 136 valence electrons. The van der Waals surface area contributed by atoms with Gasteiger partial charge in [-0.2, -0.15) is 0 Å². The van der Waals surface area contributed by atoms with E-state index in [1.165, 1.54) is 29.5 Å². The zero-order chi connectivity index (χ0) is 19.0. The summed E-state index contributed by atoms with van der Waals surface area (Å²) in [5.74, 6) is -1.66. The second kappa shape index (κ2) is 7.22. The lowest BCUT2D eigenvalue weighted by Crippen LogP contribution is -2.20. The molecule has 2 aromatic heterocycles. The highest BCUT2D eigenvalue weighted by Crippen LogP contribution is 2.36. The number of hydrogen-bond donors (Lipinski definition) is 1. The summed E-state index contributed by atoms with van der Waals surface area (Å²) in [6.45, 7) is -0.478. The molecule has 0 bridgehead atoms. The number of esters is 1. The van der Waals surface area contributed by atoms with Crippen molar-refractivity contribution in [1.29, 1.82) is 0 Å². The maximum Gasteiger partial charge on any atom is 0.350 e. The molecule has 0 saturated carbocycles. The van der Waals surface area contributed by atoms with Gasteiger partial charge in [-0.15, -0.1) is 11.3 Å². The topological polar surface area (TPSA) is 68.3 Å². The number of ether oxygens (including phenoxy) is 1. The molecule has 1 amide bonds. The molecule has 0 spiro atoms. The van der Waals surface area contributed by atoms with E-state index in [0.29, 0.717) is 15.2 Å². The van der Waals surface area contributed by atoms with E-state index in [0.717, 1.165) is 21.6 Å². The molecule has 2 aromatic carbocycles. The van der Waals surface area contributed by atoms with E-state index >= 15 is 0 Å². The van der Waals surface area contributed by atoms with Crippen LogP contribution in [-0.4, -0.2) is 23.5 Å². The van der Waals surface area contributed by atoms with Gasteiger partial charge in [0.2, 0.25) is 0 Å². The first-order chi connectivity index (χ1) is 13.0. The van der Waals surface area contributed by atoms with Gasteiger partial charge in [0.25, 0.3) is 5.91 Å². The lowest BCUT2D eigenvalue weighted by atomic mass is 10.2. The van der Waals surface area contributed by atoms with Gasteiger partial charge in [-0.25, -0.2) is 14.2 Å². The minimum absolute atomic E-state index is 0.130. The van der Waals surface area contributed by atoms with Crippen LogP contribution in [0.1, 0.15) is 9.67 Å². The van der Waals surface area contributed by atoms with Crippen LogP contribution in [0.3, 0.4) is 0 Å². The fourth-order valence-electron chi connectivity index (χ4n) is 2.45. The summed E-state index contributed by atoms with van der Waals surface area (Å²) in [5, 5.41) is 3.77. The van der Waals surface area contributed by atoms with Gasteiger partial charge in [0, 0.05) is 10.1 Å². The fraction of sp³-hybridized carbons (Fsp3) is 0.0556. The van der Waals surface area contributed by atoms with E-state index in [1.807, 2.05) is 24.3 Å². The Labute approximate surface area is 165 Å². The van der Waals surface area contributed by atoms with Crippen LogP contribution in [0.15, 0.2) is 42.5 Å². The highest BCUT2D eigenvalue weighted by molar-refractivity contribution is 7.22. The van der Waals surface area contributed by atoms with E-state index in [-0.39, 0.29) is 9.90 Å². The van der Waals surface area contributed by atoms with Crippen LogP contribution in [0.2, 0.25) is 5.02 Å². The molecule has 9 heteroatoms. The van der Waals surface area contributed by atoms with Gasteiger partial charge in [0.05, 0.1) is 15.2 Å². The van der Waals surface area contributed by atoms with Crippen molar-refractivity contribution in [3.05, 3.63) is 58.2 Å². The third-order valence-electron chi connectivity index (χ3n) is 3.65. The summed E-state index contributed by atoms with van der Waals surface area (Å²) >= 11 is 8.51. The summed E-state index contributed by atoms with van der Waals surface area (Å²) in [4.78, 5) is 28.7. The number of halogens is 2. The number of benzene rings is 2. The van der Waals surface area contributed by atoms with Crippen molar-refractivity contribution in [2.45, 2.75) is 0 Å². The molecule has 0 aliphatic heterocycles. The number of thiophene rings is 1. The molecule has 0 aliphatic carbocycles. The molecular formula is C18H10ClFN2O3S2. The molecule has 0 aliphatic rings. The Morgan fingerprint density at radius 1 is 1.15 bits per heavy atom. The molecule has 5 nitrogen and oxygen atoms in total. The van der Waals surface area contributed by atoms with Gasteiger partial charge in [-0.1, -0.05) is 35.1 Å². The van der Waals surface area contributed by atoms with E-state index < -0.39 is 24.3 Å². The third kappa shape index (κ3) is 3.64. The minimum atomic E-state index is -0.735. The second-order valence-corrected chi connectivity index (χ2v) is 7.96. The van der Waals surface area contributed by atoms with Crippen LogP contribution < -0.4 is 5.32 Å². The maximum absolute atomic E-state index is 13.3. The number of anilines is 1. The second-order valence-electron chi connectivity index (χ2n) is 5.50. The van der Waals surface area contributed by atoms with Crippen molar-refractivity contribution in [3.63, 3.8) is 0 Å². The summed E-state index contributed by atoms with van der Waals surface area (Å²) < 4.78 is 19.8. The predicted molar refractivity (Wildman–Crippen MR) is 105 cm³/mol. The number of rotatable bonds is 4. The van der Waals surface area contributed by atoms with Crippen LogP contribution in [0, 0.1) is 5.82 Å². The Balaban J connectivity index is 1.42. The van der Waals surface area contributed by atoms with E-state index in [9.17, 15) is 14.0 Å². The number of nitrogens with one attached hydrogen (secondary N) is 1. The minimum Gasteiger partial charge on any atom is -0.451 e. The van der Waals surface area contributed by atoms with Gasteiger partial charge in [0.15, 0.2) is 11.7 Å². The molecule has 2 heterocycles. The fourth-order valence-corrected chi connectivity index (χ4v) is 4.76. The summed E-state index contributed by atoms with van der Waals surface area (Å²) in [6.07, 6.45) is 0. The number of carbonyl (C=O) groups excluding carboxylic acids is 2. The lowest BCUT2D eigenvalue weighted by Gasteiger charge is -2.03. The van der Waals surface area contributed by atoms with Gasteiger partial charge >= 0.3 is 5.97 Å².